The quantitative estimate of drug-likeness (QED) is 0.732. The van der Waals surface area contributed by atoms with Gasteiger partial charge in [-0.05, 0) is 61.1 Å². The summed E-state index contributed by atoms with van der Waals surface area (Å²) >= 11 is 3.60. The fourth-order valence-electron chi connectivity index (χ4n) is 4.57. The number of hydrogen-bond donors (Lipinski definition) is 0. The van der Waals surface area contributed by atoms with Gasteiger partial charge in [0.15, 0.2) is 0 Å². The van der Waals surface area contributed by atoms with Gasteiger partial charge in [0.1, 0.15) is 0 Å². The lowest BCUT2D eigenvalue weighted by atomic mass is 9.64. The van der Waals surface area contributed by atoms with Crippen molar-refractivity contribution in [3.8, 4) is 0 Å². The first-order chi connectivity index (χ1) is 12.3. The van der Waals surface area contributed by atoms with Crippen LogP contribution in [0.5, 0.6) is 0 Å². The molecule has 2 aliphatic rings. The van der Waals surface area contributed by atoms with E-state index in [0.29, 0.717) is 0 Å². The molecule has 1 fully saturated rings. The topological polar surface area (TPSA) is 12.5 Å². The van der Waals surface area contributed by atoms with Gasteiger partial charge in [0, 0.05) is 23.0 Å². The third kappa shape index (κ3) is 3.55. The molecule has 1 atom stereocenters. The van der Waals surface area contributed by atoms with E-state index >= 15 is 0 Å². The van der Waals surface area contributed by atoms with Crippen LogP contribution in [0, 0.1) is 0 Å². The van der Waals surface area contributed by atoms with E-state index in [1.807, 2.05) is 0 Å². The van der Waals surface area contributed by atoms with Crippen LogP contribution in [0.15, 0.2) is 53.0 Å². The highest BCUT2D eigenvalue weighted by atomic mass is 79.9. The molecular formula is C22H26BrNO. The van der Waals surface area contributed by atoms with Crippen LogP contribution in [0.4, 0.5) is 0 Å². The molecule has 2 aromatic rings. The molecule has 132 valence electrons. The largest absolute Gasteiger partial charge is 0.379 e. The van der Waals surface area contributed by atoms with Gasteiger partial charge in [-0.25, -0.2) is 0 Å². The molecule has 0 amide bonds. The predicted octanol–water partition coefficient (Wildman–Crippen LogP) is 4.79. The number of benzene rings is 2. The van der Waals surface area contributed by atoms with Gasteiger partial charge in [-0.15, -0.1) is 0 Å². The Labute approximate surface area is 159 Å². The Hall–Kier alpha value is -1.16. The summed E-state index contributed by atoms with van der Waals surface area (Å²) < 4.78 is 6.68. The third-order valence-electron chi connectivity index (χ3n) is 5.94. The summed E-state index contributed by atoms with van der Waals surface area (Å²) in [5, 5.41) is 0. The maximum absolute atomic E-state index is 5.52. The van der Waals surface area contributed by atoms with Crippen LogP contribution in [0.1, 0.15) is 36.0 Å². The molecule has 4 rings (SSSR count). The second-order valence-corrected chi connectivity index (χ2v) is 8.22. The van der Waals surface area contributed by atoms with Crippen molar-refractivity contribution < 1.29 is 4.74 Å². The first kappa shape index (κ1) is 17.3. The van der Waals surface area contributed by atoms with Crippen LogP contribution in [0.25, 0.3) is 0 Å². The van der Waals surface area contributed by atoms with Gasteiger partial charge in [0.2, 0.25) is 0 Å². The van der Waals surface area contributed by atoms with Crippen molar-refractivity contribution in [2.45, 2.75) is 31.1 Å². The SMILES string of the molecule is Brc1ccc(C2(CCN3CCOCC3)CCCc3ccccc32)cc1. The van der Waals surface area contributed by atoms with Crippen molar-refractivity contribution >= 4 is 15.9 Å². The van der Waals surface area contributed by atoms with Gasteiger partial charge in [-0.3, -0.25) is 4.90 Å². The molecule has 2 aromatic carbocycles. The van der Waals surface area contributed by atoms with Crippen LogP contribution >= 0.6 is 15.9 Å². The summed E-state index contributed by atoms with van der Waals surface area (Å²) in [7, 11) is 0. The molecule has 0 aromatic heterocycles. The zero-order chi connectivity index (χ0) is 17.1. The molecule has 1 heterocycles. The molecule has 1 saturated heterocycles. The molecule has 25 heavy (non-hydrogen) atoms. The Morgan fingerprint density at radius 1 is 1.00 bits per heavy atom. The zero-order valence-corrected chi connectivity index (χ0v) is 16.3. The Kier molecular flexibility index (Phi) is 5.25. The second-order valence-electron chi connectivity index (χ2n) is 7.30. The van der Waals surface area contributed by atoms with E-state index in [4.69, 9.17) is 4.74 Å². The molecule has 0 N–H and O–H groups in total. The Bertz CT molecular complexity index is 708. The number of hydrogen-bond acceptors (Lipinski definition) is 2. The molecule has 0 bridgehead atoms. The van der Waals surface area contributed by atoms with Crippen molar-refractivity contribution in [3.05, 3.63) is 69.7 Å². The van der Waals surface area contributed by atoms with E-state index in [2.05, 4.69) is 69.4 Å². The monoisotopic (exact) mass is 399 g/mol. The van der Waals surface area contributed by atoms with Crippen molar-refractivity contribution in [3.63, 3.8) is 0 Å². The number of nitrogens with zero attached hydrogens (tertiary/aromatic N) is 1. The maximum Gasteiger partial charge on any atom is 0.0594 e. The molecule has 0 radical (unpaired) electrons. The van der Waals surface area contributed by atoms with Crippen LogP contribution in [-0.4, -0.2) is 37.7 Å². The molecule has 0 saturated carbocycles. The van der Waals surface area contributed by atoms with E-state index in [-0.39, 0.29) is 5.41 Å². The number of fused-ring (bicyclic) bond motifs is 1. The maximum atomic E-state index is 5.52. The third-order valence-corrected chi connectivity index (χ3v) is 6.47. The fourth-order valence-corrected chi connectivity index (χ4v) is 4.83. The van der Waals surface area contributed by atoms with Gasteiger partial charge < -0.3 is 4.74 Å². The summed E-state index contributed by atoms with van der Waals surface area (Å²) in [5.41, 5.74) is 4.71. The standard InChI is InChI=1S/C22H26BrNO/c23-20-9-7-19(8-10-20)22(12-13-24-14-16-25-17-15-24)11-3-5-18-4-1-2-6-21(18)22/h1-2,4,6-10H,3,5,11-17H2. The number of ether oxygens (including phenoxy) is 1. The lowest BCUT2D eigenvalue weighted by molar-refractivity contribution is 0.0348. The zero-order valence-electron chi connectivity index (χ0n) is 14.7. The molecule has 1 aliphatic carbocycles. The number of aryl methyl sites for hydroxylation is 1. The van der Waals surface area contributed by atoms with Crippen molar-refractivity contribution in [2.24, 2.45) is 0 Å². The Morgan fingerprint density at radius 3 is 2.56 bits per heavy atom. The minimum absolute atomic E-state index is 0.147. The summed E-state index contributed by atoms with van der Waals surface area (Å²) in [6.07, 6.45) is 4.92. The van der Waals surface area contributed by atoms with Crippen LogP contribution in [-0.2, 0) is 16.6 Å². The van der Waals surface area contributed by atoms with E-state index in [9.17, 15) is 0 Å². The van der Waals surface area contributed by atoms with Crippen molar-refractivity contribution in [2.75, 3.05) is 32.8 Å². The highest BCUT2D eigenvalue weighted by Gasteiger charge is 2.38. The minimum atomic E-state index is 0.147. The summed E-state index contributed by atoms with van der Waals surface area (Å²) in [4.78, 5) is 2.57. The van der Waals surface area contributed by atoms with Gasteiger partial charge in [0.25, 0.3) is 0 Å². The summed E-state index contributed by atoms with van der Waals surface area (Å²) in [6.45, 7) is 5.04. The van der Waals surface area contributed by atoms with E-state index in [0.717, 1.165) is 37.3 Å². The first-order valence-electron chi connectivity index (χ1n) is 9.42. The first-order valence-corrected chi connectivity index (χ1v) is 10.2. The lowest BCUT2D eigenvalue weighted by Crippen LogP contribution is -2.41. The van der Waals surface area contributed by atoms with Gasteiger partial charge in [-0.1, -0.05) is 52.3 Å². The van der Waals surface area contributed by atoms with Crippen LogP contribution < -0.4 is 0 Å². The van der Waals surface area contributed by atoms with Gasteiger partial charge >= 0.3 is 0 Å². The van der Waals surface area contributed by atoms with Crippen molar-refractivity contribution in [1.82, 2.24) is 4.90 Å². The van der Waals surface area contributed by atoms with Gasteiger partial charge in [0.05, 0.1) is 13.2 Å². The molecule has 1 aliphatic heterocycles. The second kappa shape index (κ2) is 7.61. The average molecular weight is 400 g/mol. The molecule has 3 heteroatoms. The summed E-state index contributed by atoms with van der Waals surface area (Å²) in [6, 6.07) is 18.2. The number of rotatable bonds is 4. The summed E-state index contributed by atoms with van der Waals surface area (Å²) in [5.74, 6) is 0. The molecule has 1 unspecified atom stereocenters. The Morgan fingerprint density at radius 2 is 1.76 bits per heavy atom. The number of morpholine rings is 1. The molecule has 0 spiro atoms. The fraction of sp³-hybridized carbons (Fsp3) is 0.455. The van der Waals surface area contributed by atoms with Crippen molar-refractivity contribution in [1.29, 1.82) is 0 Å². The Balaban J connectivity index is 1.70. The molecular weight excluding hydrogens is 374 g/mol. The van der Waals surface area contributed by atoms with E-state index in [1.165, 1.54) is 31.2 Å². The normalized spacial score (nSPS) is 24.0. The minimum Gasteiger partial charge on any atom is -0.379 e. The molecule has 2 nitrogen and oxygen atoms in total. The highest BCUT2D eigenvalue weighted by molar-refractivity contribution is 9.10. The average Bonchev–Trinajstić information content (AvgIpc) is 2.68. The van der Waals surface area contributed by atoms with E-state index < -0.39 is 0 Å². The van der Waals surface area contributed by atoms with E-state index in [1.54, 1.807) is 11.1 Å². The predicted molar refractivity (Wildman–Crippen MR) is 106 cm³/mol. The smallest absolute Gasteiger partial charge is 0.0594 e. The van der Waals surface area contributed by atoms with Gasteiger partial charge in [-0.2, -0.15) is 0 Å². The lowest BCUT2D eigenvalue weighted by Gasteiger charge is -2.42. The number of halogens is 1. The van der Waals surface area contributed by atoms with Crippen LogP contribution in [0.2, 0.25) is 0 Å². The highest BCUT2D eigenvalue weighted by Crippen LogP contribution is 2.45. The van der Waals surface area contributed by atoms with Crippen LogP contribution in [0.3, 0.4) is 0 Å².